The van der Waals surface area contributed by atoms with Crippen LogP contribution in [0.25, 0.3) is 0 Å². The highest BCUT2D eigenvalue weighted by Crippen LogP contribution is 2.52. The highest BCUT2D eigenvalue weighted by molar-refractivity contribution is 5.88. The van der Waals surface area contributed by atoms with Gasteiger partial charge in [-0.25, -0.2) is 4.39 Å². The number of carbonyl (C=O) groups is 2. The Morgan fingerprint density at radius 1 is 1.08 bits per heavy atom. The average molecular weight is 509 g/mol. The van der Waals surface area contributed by atoms with E-state index < -0.39 is 28.9 Å². The third-order valence-corrected chi connectivity index (χ3v) is 7.56. The Kier molecular flexibility index (Phi) is 7.01. The fourth-order valence-electron chi connectivity index (χ4n) is 5.66. The topological polar surface area (TPSA) is 67.9 Å². The smallest absolute Gasteiger partial charge is 0.430 e. The number of carbonyl (C=O) groups excluding carboxylic acids is 2. The lowest BCUT2D eigenvalue weighted by Crippen LogP contribution is -2.60. The molecule has 36 heavy (non-hydrogen) atoms. The average Bonchev–Trinajstić information content (AvgIpc) is 2.85. The van der Waals surface area contributed by atoms with Crippen LogP contribution >= 0.6 is 0 Å². The van der Waals surface area contributed by atoms with Gasteiger partial charge in [-0.05, 0) is 36.5 Å². The number of amides is 2. The summed E-state index contributed by atoms with van der Waals surface area (Å²) < 4.78 is 67.7. The molecule has 194 valence electrons. The van der Waals surface area contributed by atoms with E-state index in [0.29, 0.717) is 11.3 Å². The first-order valence-electron chi connectivity index (χ1n) is 11.6. The van der Waals surface area contributed by atoms with Crippen LogP contribution < -0.4 is 10.1 Å². The molecule has 0 aromatic heterocycles. The van der Waals surface area contributed by atoms with Crippen LogP contribution in [0.2, 0.25) is 0 Å². The Bertz CT molecular complexity index is 1120. The molecule has 2 atom stereocenters. The molecule has 1 spiro atoms. The van der Waals surface area contributed by atoms with Gasteiger partial charge in [0, 0.05) is 50.2 Å². The van der Waals surface area contributed by atoms with Crippen LogP contribution in [-0.4, -0.2) is 56.7 Å². The van der Waals surface area contributed by atoms with E-state index in [1.165, 1.54) is 49.6 Å². The summed E-state index contributed by atoms with van der Waals surface area (Å²) in [5.41, 5.74) is -3.53. The molecule has 0 saturated carbocycles. The van der Waals surface area contributed by atoms with E-state index in [4.69, 9.17) is 9.47 Å². The zero-order valence-corrected chi connectivity index (χ0v) is 20.0. The van der Waals surface area contributed by atoms with Gasteiger partial charge in [-0.15, -0.1) is 0 Å². The van der Waals surface area contributed by atoms with Gasteiger partial charge in [0.25, 0.3) is 11.5 Å². The lowest BCUT2D eigenvalue weighted by molar-refractivity contribution is -0.271. The van der Waals surface area contributed by atoms with Crippen LogP contribution in [0.5, 0.6) is 5.75 Å². The molecule has 0 aliphatic carbocycles. The first kappa shape index (κ1) is 25.9. The molecule has 10 heteroatoms. The van der Waals surface area contributed by atoms with E-state index in [9.17, 15) is 27.2 Å². The summed E-state index contributed by atoms with van der Waals surface area (Å²) in [5, 5.41) is 2.82. The Labute approximate surface area is 206 Å². The number of alkyl halides is 3. The van der Waals surface area contributed by atoms with Crippen molar-refractivity contribution in [2.45, 2.75) is 37.0 Å². The molecule has 2 fully saturated rings. The lowest BCUT2D eigenvalue weighted by atomic mass is 9.62. The largest absolute Gasteiger partial charge is 0.496 e. The molecule has 6 nitrogen and oxygen atoms in total. The molecule has 2 aliphatic heterocycles. The fourth-order valence-corrected chi connectivity index (χ4v) is 5.66. The monoisotopic (exact) mass is 508 g/mol. The lowest BCUT2D eigenvalue weighted by Gasteiger charge is -2.50. The highest BCUT2D eigenvalue weighted by Gasteiger charge is 2.64. The molecule has 2 heterocycles. The van der Waals surface area contributed by atoms with Crippen molar-refractivity contribution < 1.29 is 36.6 Å². The first-order chi connectivity index (χ1) is 17.1. The molecule has 0 bridgehead atoms. The minimum absolute atomic E-state index is 0.00569. The number of hydrogen-bond donors (Lipinski definition) is 1. The number of benzene rings is 2. The second-order valence-electron chi connectivity index (χ2n) is 9.32. The van der Waals surface area contributed by atoms with Crippen molar-refractivity contribution in [3.63, 3.8) is 0 Å². The maximum atomic E-state index is 14.4. The highest BCUT2D eigenvalue weighted by atomic mass is 19.4. The zero-order chi connectivity index (χ0) is 26.1. The molecular weight excluding hydrogens is 480 g/mol. The number of nitrogens with one attached hydrogen (secondary N) is 1. The number of piperidine rings is 2. The standard InChI is InChI=1S/C26H28F4N2O4/c1-35-21-9-8-18(27)14-19(21)20-16-31-22(33)15-24(20)10-12-32(13-11-24)23(34)25(36-2,26(28,29)30)17-6-4-3-5-7-17/h3-9,14,20H,10-13,15-16H2,1-2H3,(H,31,33)/t20-,25+/m0/s1. The number of rotatable bonds is 5. The fraction of sp³-hybridized carbons (Fsp3) is 0.462. The van der Waals surface area contributed by atoms with E-state index in [1.807, 2.05) is 0 Å². The minimum atomic E-state index is -5.00. The SMILES string of the molecule is COc1ccc(F)cc1[C@@H]1CNC(=O)CC12CCN(C(=O)[C@](OC)(c1ccccc1)C(F)(F)F)CC2. The molecule has 0 unspecified atom stereocenters. The third-order valence-electron chi connectivity index (χ3n) is 7.56. The van der Waals surface area contributed by atoms with Gasteiger partial charge in [-0.2, -0.15) is 13.2 Å². The van der Waals surface area contributed by atoms with Crippen molar-refractivity contribution in [3.8, 4) is 5.75 Å². The van der Waals surface area contributed by atoms with Crippen molar-refractivity contribution in [1.29, 1.82) is 0 Å². The molecular formula is C26H28F4N2O4. The molecule has 0 radical (unpaired) electrons. The molecule has 2 aromatic rings. The van der Waals surface area contributed by atoms with E-state index in [-0.39, 0.29) is 56.3 Å². The molecule has 4 rings (SSSR count). The van der Waals surface area contributed by atoms with Crippen LogP contribution in [-0.2, 0) is 19.9 Å². The van der Waals surface area contributed by atoms with Crippen LogP contribution in [0.15, 0.2) is 48.5 Å². The van der Waals surface area contributed by atoms with Crippen molar-refractivity contribution in [1.82, 2.24) is 10.2 Å². The first-order valence-corrected chi connectivity index (χ1v) is 11.6. The van der Waals surface area contributed by atoms with Crippen molar-refractivity contribution >= 4 is 11.8 Å². The summed E-state index contributed by atoms with van der Waals surface area (Å²) in [6.45, 7) is 0.226. The normalized spacial score (nSPS) is 21.6. The summed E-state index contributed by atoms with van der Waals surface area (Å²) in [4.78, 5) is 27.0. The number of halogens is 4. The second-order valence-corrected chi connectivity index (χ2v) is 9.32. The van der Waals surface area contributed by atoms with Crippen molar-refractivity contribution in [2.24, 2.45) is 5.41 Å². The Hall–Kier alpha value is -3.14. The van der Waals surface area contributed by atoms with E-state index in [1.54, 1.807) is 6.07 Å². The van der Waals surface area contributed by atoms with Gasteiger partial charge < -0.3 is 19.7 Å². The summed E-state index contributed by atoms with van der Waals surface area (Å²) in [5.74, 6) is -1.70. The van der Waals surface area contributed by atoms with Crippen molar-refractivity contribution in [2.75, 3.05) is 33.9 Å². The van der Waals surface area contributed by atoms with Gasteiger partial charge in [0.1, 0.15) is 11.6 Å². The van der Waals surface area contributed by atoms with Crippen molar-refractivity contribution in [3.05, 3.63) is 65.5 Å². The number of ether oxygens (including phenoxy) is 2. The molecule has 2 aliphatic rings. The summed E-state index contributed by atoms with van der Waals surface area (Å²) in [7, 11) is 2.35. The van der Waals surface area contributed by atoms with Gasteiger partial charge in [0.05, 0.1) is 7.11 Å². The van der Waals surface area contributed by atoms with Crippen LogP contribution in [0.1, 0.15) is 36.3 Å². The number of methoxy groups -OCH3 is 2. The third kappa shape index (κ3) is 4.31. The van der Waals surface area contributed by atoms with E-state index >= 15 is 0 Å². The molecule has 2 amide bonds. The van der Waals surface area contributed by atoms with Gasteiger partial charge >= 0.3 is 6.18 Å². The van der Waals surface area contributed by atoms with Gasteiger partial charge in [-0.3, -0.25) is 9.59 Å². The summed E-state index contributed by atoms with van der Waals surface area (Å²) >= 11 is 0. The maximum absolute atomic E-state index is 14.4. The van der Waals surface area contributed by atoms with Crippen LogP contribution in [0, 0.1) is 11.2 Å². The molecule has 2 aromatic carbocycles. The Morgan fingerprint density at radius 2 is 1.75 bits per heavy atom. The maximum Gasteiger partial charge on any atom is 0.430 e. The van der Waals surface area contributed by atoms with Crippen LogP contribution in [0.3, 0.4) is 0 Å². The van der Waals surface area contributed by atoms with E-state index in [0.717, 1.165) is 12.0 Å². The van der Waals surface area contributed by atoms with E-state index in [2.05, 4.69) is 5.32 Å². The summed E-state index contributed by atoms with van der Waals surface area (Å²) in [6.07, 6.45) is -4.35. The quantitative estimate of drug-likeness (QED) is 0.617. The van der Waals surface area contributed by atoms with Gasteiger partial charge in [0.15, 0.2) is 0 Å². The number of likely N-dealkylation sites (tertiary alicyclic amines) is 1. The predicted molar refractivity (Wildman–Crippen MR) is 123 cm³/mol. The van der Waals surface area contributed by atoms with Crippen LogP contribution in [0.4, 0.5) is 17.6 Å². The predicted octanol–water partition coefficient (Wildman–Crippen LogP) is 4.15. The molecule has 1 N–H and O–H groups in total. The zero-order valence-electron chi connectivity index (χ0n) is 20.0. The summed E-state index contributed by atoms with van der Waals surface area (Å²) in [6, 6.07) is 11.0. The minimum Gasteiger partial charge on any atom is -0.496 e. The number of nitrogens with zero attached hydrogens (tertiary/aromatic N) is 1. The molecule has 2 saturated heterocycles. The Balaban J connectivity index is 1.65. The van der Waals surface area contributed by atoms with Gasteiger partial charge in [-0.1, -0.05) is 30.3 Å². The number of hydrogen-bond acceptors (Lipinski definition) is 4. The Morgan fingerprint density at radius 3 is 2.33 bits per heavy atom. The second kappa shape index (κ2) is 9.72. The van der Waals surface area contributed by atoms with Gasteiger partial charge in [0.2, 0.25) is 5.91 Å².